The van der Waals surface area contributed by atoms with Crippen LogP contribution in [0.25, 0.3) is 11.4 Å². The molecular weight excluding hydrogens is 393 g/mol. The lowest BCUT2D eigenvalue weighted by Crippen LogP contribution is -2.04. The van der Waals surface area contributed by atoms with E-state index in [2.05, 4.69) is 64.1 Å². The lowest BCUT2D eigenvalue weighted by atomic mass is 10.2. The van der Waals surface area contributed by atoms with E-state index in [1.165, 1.54) is 27.0 Å². The quantitative estimate of drug-likeness (QED) is 0.568. The Morgan fingerprint density at radius 3 is 2.52 bits per heavy atom. The summed E-state index contributed by atoms with van der Waals surface area (Å²) in [6.07, 6.45) is 2.50. The minimum absolute atomic E-state index is 0.626. The molecule has 3 rings (SSSR count). The Bertz CT molecular complexity index is 639. The smallest absolute Gasteiger partial charge is 0.161 e. The van der Waals surface area contributed by atoms with E-state index in [9.17, 15) is 0 Å². The van der Waals surface area contributed by atoms with Crippen LogP contribution in [0.2, 0.25) is 0 Å². The Kier molecular flexibility index (Phi) is 4.69. The van der Waals surface area contributed by atoms with Crippen LogP contribution in [0.3, 0.4) is 0 Å². The number of hydrogen-bond acceptors (Lipinski definition) is 4. The topological polar surface area (TPSA) is 37.8 Å². The number of aromatic nitrogens is 2. The summed E-state index contributed by atoms with van der Waals surface area (Å²) in [5.41, 5.74) is 2.29. The molecule has 1 aliphatic carbocycles. The van der Waals surface area contributed by atoms with Gasteiger partial charge < -0.3 is 5.32 Å². The molecule has 0 aliphatic heterocycles. The van der Waals surface area contributed by atoms with Gasteiger partial charge in [0, 0.05) is 23.4 Å². The molecule has 5 heteroatoms. The van der Waals surface area contributed by atoms with Gasteiger partial charge in [0.1, 0.15) is 5.82 Å². The van der Waals surface area contributed by atoms with Gasteiger partial charge in [-0.1, -0.05) is 19.1 Å². The van der Waals surface area contributed by atoms with Crippen molar-refractivity contribution >= 4 is 40.2 Å². The monoisotopic (exact) mass is 411 g/mol. The number of halogens is 1. The first-order valence-electron chi connectivity index (χ1n) is 7.21. The largest absolute Gasteiger partial charge is 0.372 e. The molecule has 1 aromatic carbocycles. The Morgan fingerprint density at radius 2 is 1.95 bits per heavy atom. The number of nitrogens with one attached hydrogen (secondary N) is 1. The molecule has 21 heavy (non-hydrogen) atoms. The van der Waals surface area contributed by atoms with Crippen LogP contribution in [0.1, 0.15) is 31.4 Å². The summed E-state index contributed by atoms with van der Waals surface area (Å²) in [6, 6.07) is 8.55. The maximum absolute atomic E-state index is 4.82. The fourth-order valence-corrected chi connectivity index (χ4v) is 3.87. The fourth-order valence-electron chi connectivity index (χ4n) is 2.25. The molecular formula is C16H18IN3S. The summed E-state index contributed by atoms with van der Waals surface area (Å²) in [4.78, 5) is 10.8. The second kappa shape index (κ2) is 6.52. The first-order valence-corrected chi connectivity index (χ1v) is 9.27. The van der Waals surface area contributed by atoms with Crippen LogP contribution in [-0.4, -0.2) is 22.8 Å². The maximum Gasteiger partial charge on any atom is 0.161 e. The SMILES string of the molecule is CCSc1ccc(-c2nc(NC)c(I)c(C3CC3)n2)cc1. The lowest BCUT2D eigenvalue weighted by molar-refractivity contribution is 0.978. The van der Waals surface area contributed by atoms with E-state index in [0.717, 1.165) is 23.0 Å². The normalized spacial score (nSPS) is 14.2. The molecule has 1 fully saturated rings. The predicted molar refractivity (Wildman–Crippen MR) is 98.1 cm³/mol. The van der Waals surface area contributed by atoms with Gasteiger partial charge in [-0.2, -0.15) is 0 Å². The van der Waals surface area contributed by atoms with Gasteiger partial charge in [0.2, 0.25) is 0 Å². The van der Waals surface area contributed by atoms with Gasteiger partial charge in [0.05, 0.1) is 9.26 Å². The highest BCUT2D eigenvalue weighted by molar-refractivity contribution is 14.1. The average molecular weight is 411 g/mol. The van der Waals surface area contributed by atoms with Crippen LogP contribution in [-0.2, 0) is 0 Å². The van der Waals surface area contributed by atoms with E-state index >= 15 is 0 Å². The van der Waals surface area contributed by atoms with Gasteiger partial charge in [0.25, 0.3) is 0 Å². The zero-order valence-corrected chi connectivity index (χ0v) is 15.2. The van der Waals surface area contributed by atoms with Crippen molar-refractivity contribution in [1.82, 2.24) is 9.97 Å². The number of benzene rings is 1. The molecule has 0 amide bonds. The van der Waals surface area contributed by atoms with Crippen LogP contribution in [0.15, 0.2) is 29.2 Å². The number of rotatable bonds is 5. The van der Waals surface area contributed by atoms with Gasteiger partial charge in [-0.15, -0.1) is 11.8 Å². The Morgan fingerprint density at radius 1 is 1.24 bits per heavy atom. The van der Waals surface area contributed by atoms with E-state index < -0.39 is 0 Å². The summed E-state index contributed by atoms with van der Waals surface area (Å²) in [6.45, 7) is 2.17. The van der Waals surface area contributed by atoms with Crippen LogP contribution in [0.4, 0.5) is 5.82 Å². The van der Waals surface area contributed by atoms with Crippen molar-refractivity contribution in [3.05, 3.63) is 33.5 Å². The minimum Gasteiger partial charge on any atom is -0.372 e. The molecule has 1 aliphatic rings. The zero-order chi connectivity index (χ0) is 14.8. The van der Waals surface area contributed by atoms with Crippen molar-refractivity contribution < 1.29 is 0 Å². The van der Waals surface area contributed by atoms with Crippen LogP contribution in [0, 0.1) is 3.57 Å². The van der Waals surface area contributed by atoms with Gasteiger partial charge >= 0.3 is 0 Å². The van der Waals surface area contributed by atoms with Crippen LogP contribution in [0.5, 0.6) is 0 Å². The van der Waals surface area contributed by atoms with Crippen molar-refractivity contribution in [2.24, 2.45) is 0 Å². The Labute approximate surface area is 143 Å². The highest BCUT2D eigenvalue weighted by Crippen LogP contribution is 2.42. The van der Waals surface area contributed by atoms with E-state index in [0.29, 0.717) is 5.92 Å². The molecule has 2 aromatic rings. The minimum atomic E-state index is 0.626. The molecule has 1 saturated carbocycles. The number of hydrogen-bond donors (Lipinski definition) is 1. The third kappa shape index (κ3) is 3.34. The average Bonchev–Trinajstić information content (AvgIpc) is 3.33. The maximum atomic E-state index is 4.82. The molecule has 1 heterocycles. The highest BCUT2D eigenvalue weighted by Gasteiger charge is 2.29. The second-order valence-corrected chi connectivity index (χ2v) is 7.49. The van der Waals surface area contributed by atoms with Gasteiger partial charge in [-0.05, 0) is 53.3 Å². The Hall–Kier alpha value is -0.820. The molecule has 1 N–H and O–H groups in total. The third-order valence-corrected chi connectivity index (χ3v) is 5.46. The van der Waals surface area contributed by atoms with Crippen molar-refractivity contribution in [3.63, 3.8) is 0 Å². The summed E-state index contributed by atoms with van der Waals surface area (Å²) in [5.74, 6) is 3.49. The first-order chi connectivity index (χ1) is 10.2. The van der Waals surface area contributed by atoms with Crippen LogP contribution >= 0.6 is 34.4 Å². The van der Waals surface area contributed by atoms with Crippen molar-refractivity contribution in [1.29, 1.82) is 0 Å². The molecule has 0 radical (unpaired) electrons. The summed E-state index contributed by atoms with van der Waals surface area (Å²) >= 11 is 4.21. The first kappa shape index (κ1) is 15.1. The molecule has 0 bridgehead atoms. The van der Waals surface area contributed by atoms with E-state index in [4.69, 9.17) is 4.98 Å². The third-order valence-electron chi connectivity index (χ3n) is 3.50. The standard InChI is InChI=1S/C16H18IN3S/c1-3-21-12-8-6-11(7-9-12)15-19-14(10-4-5-10)13(17)16(18-2)20-15/h6-10H,3-5H2,1-2H3,(H,18,19,20). The second-order valence-electron chi connectivity index (χ2n) is 5.08. The van der Waals surface area contributed by atoms with E-state index in [1.807, 2.05) is 18.8 Å². The van der Waals surface area contributed by atoms with E-state index in [-0.39, 0.29) is 0 Å². The fraction of sp³-hybridized carbons (Fsp3) is 0.375. The molecule has 0 atom stereocenters. The van der Waals surface area contributed by atoms with Gasteiger partial charge in [0.15, 0.2) is 5.82 Å². The Balaban J connectivity index is 1.99. The number of nitrogens with zero attached hydrogens (tertiary/aromatic N) is 2. The lowest BCUT2D eigenvalue weighted by Gasteiger charge is -2.11. The molecule has 0 saturated heterocycles. The van der Waals surface area contributed by atoms with E-state index in [1.54, 1.807) is 0 Å². The number of thioether (sulfide) groups is 1. The molecule has 0 unspecified atom stereocenters. The predicted octanol–water partition coefficient (Wildman–Crippen LogP) is 4.78. The van der Waals surface area contributed by atoms with Gasteiger partial charge in [-0.3, -0.25) is 0 Å². The van der Waals surface area contributed by atoms with Crippen molar-refractivity contribution in [2.75, 3.05) is 18.1 Å². The molecule has 110 valence electrons. The van der Waals surface area contributed by atoms with Crippen molar-refractivity contribution in [2.45, 2.75) is 30.6 Å². The zero-order valence-electron chi connectivity index (χ0n) is 12.2. The van der Waals surface area contributed by atoms with Crippen LogP contribution < -0.4 is 5.32 Å². The molecule has 0 spiro atoms. The summed E-state index contributed by atoms with van der Waals surface area (Å²) in [5, 5.41) is 3.20. The molecule has 3 nitrogen and oxygen atoms in total. The summed E-state index contributed by atoms with van der Waals surface area (Å²) in [7, 11) is 1.92. The number of anilines is 1. The highest BCUT2D eigenvalue weighted by atomic mass is 127. The van der Waals surface area contributed by atoms with Crippen molar-refractivity contribution in [3.8, 4) is 11.4 Å². The molecule has 1 aromatic heterocycles. The summed E-state index contributed by atoms with van der Waals surface area (Å²) < 4.78 is 1.17. The van der Waals surface area contributed by atoms with Gasteiger partial charge in [-0.25, -0.2) is 9.97 Å².